The van der Waals surface area contributed by atoms with Crippen LogP contribution >= 0.6 is 0 Å². The predicted octanol–water partition coefficient (Wildman–Crippen LogP) is 3.98. The van der Waals surface area contributed by atoms with E-state index in [1.165, 1.54) is 0 Å². The molecule has 216 valence electrons. The lowest BCUT2D eigenvalue weighted by Crippen LogP contribution is -2.40. The summed E-state index contributed by atoms with van der Waals surface area (Å²) in [5, 5.41) is 10.1. The minimum atomic E-state index is -0.423. The van der Waals surface area contributed by atoms with Gasteiger partial charge >= 0.3 is 0 Å². The van der Waals surface area contributed by atoms with Crippen LogP contribution in [-0.4, -0.2) is 68.9 Å². The van der Waals surface area contributed by atoms with Crippen LogP contribution in [0.2, 0.25) is 0 Å². The van der Waals surface area contributed by atoms with E-state index in [-0.39, 0.29) is 30.5 Å². The van der Waals surface area contributed by atoms with Crippen molar-refractivity contribution in [2.45, 2.75) is 39.7 Å². The van der Waals surface area contributed by atoms with Crippen LogP contribution in [0.15, 0.2) is 48.5 Å². The average Bonchev–Trinajstić information content (AvgIpc) is 3.37. The molecule has 2 N–H and O–H groups in total. The molecule has 2 amide bonds. The van der Waals surface area contributed by atoms with Crippen molar-refractivity contribution in [3.8, 4) is 28.4 Å². The van der Waals surface area contributed by atoms with Crippen molar-refractivity contribution in [1.82, 2.24) is 20.4 Å². The molecule has 1 atom stereocenters. The Labute approximate surface area is 236 Å². The highest BCUT2D eigenvalue weighted by Gasteiger charge is 2.24. The summed E-state index contributed by atoms with van der Waals surface area (Å²) in [5.74, 6) is 0.674. The summed E-state index contributed by atoms with van der Waals surface area (Å²) >= 11 is 0. The van der Waals surface area contributed by atoms with Gasteiger partial charge in [0.05, 0.1) is 37.7 Å². The number of aryl methyl sites for hydroxylation is 1. The first kappa shape index (κ1) is 32.0. The van der Waals surface area contributed by atoms with Crippen LogP contribution in [0.5, 0.6) is 11.5 Å². The van der Waals surface area contributed by atoms with Crippen LogP contribution in [0, 0.1) is 12.8 Å². The first-order valence-corrected chi connectivity index (χ1v) is 13.0. The number of aldehydes is 1. The molecule has 0 bridgehead atoms. The van der Waals surface area contributed by atoms with Gasteiger partial charge in [0.15, 0.2) is 5.69 Å². The summed E-state index contributed by atoms with van der Waals surface area (Å²) in [5.41, 5.74) is 3.32. The van der Waals surface area contributed by atoms with Gasteiger partial charge in [-0.3, -0.25) is 9.59 Å². The maximum atomic E-state index is 13.4. The van der Waals surface area contributed by atoms with Gasteiger partial charge in [-0.2, -0.15) is 5.10 Å². The Hall–Kier alpha value is -4.18. The summed E-state index contributed by atoms with van der Waals surface area (Å²) in [4.78, 5) is 36.2. The van der Waals surface area contributed by atoms with Crippen LogP contribution in [-0.2, 0) is 14.3 Å². The van der Waals surface area contributed by atoms with E-state index in [9.17, 15) is 14.4 Å². The Morgan fingerprint density at radius 1 is 1.00 bits per heavy atom. The molecule has 0 aliphatic carbocycles. The van der Waals surface area contributed by atoms with Crippen molar-refractivity contribution in [3.63, 3.8) is 0 Å². The first-order valence-electron chi connectivity index (χ1n) is 13.0. The summed E-state index contributed by atoms with van der Waals surface area (Å²) in [7, 11) is 6.40. The summed E-state index contributed by atoms with van der Waals surface area (Å²) < 4.78 is 17.2. The number of ether oxygens (including phenoxy) is 3. The second-order valence-corrected chi connectivity index (χ2v) is 9.58. The fourth-order valence-electron chi connectivity index (χ4n) is 4.13. The monoisotopic (exact) mass is 552 g/mol. The maximum Gasteiger partial charge on any atom is 0.272 e. The van der Waals surface area contributed by atoms with E-state index in [1.54, 1.807) is 39.2 Å². The van der Waals surface area contributed by atoms with Gasteiger partial charge in [0, 0.05) is 26.7 Å². The van der Waals surface area contributed by atoms with Crippen molar-refractivity contribution in [1.29, 1.82) is 0 Å². The molecule has 1 heterocycles. The first-order chi connectivity index (χ1) is 19.2. The van der Waals surface area contributed by atoms with Gasteiger partial charge in [0.25, 0.3) is 5.91 Å². The topological polar surface area (TPSA) is 121 Å². The third kappa shape index (κ3) is 8.94. The average molecular weight is 553 g/mol. The second kappa shape index (κ2) is 16.0. The zero-order valence-electron chi connectivity index (χ0n) is 24.3. The molecule has 0 saturated heterocycles. The van der Waals surface area contributed by atoms with Gasteiger partial charge in [-0.05, 0) is 49.6 Å². The normalized spacial score (nSPS) is 11.2. The lowest BCUT2D eigenvalue weighted by Gasteiger charge is -2.19. The van der Waals surface area contributed by atoms with E-state index in [4.69, 9.17) is 9.47 Å². The van der Waals surface area contributed by atoms with E-state index < -0.39 is 11.9 Å². The Morgan fingerprint density at radius 3 is 2.12 bits per heavy atom. The number of hydrogen-bond acceptors (Lipinski definition) is 7. The highest BCUT2D eigenvalue weighted by atomic mass is 16.5. The SMILES string of the molecule is COC.COc1cccc(OC)c1-c1cc(C(=O)NC(CC(=O)NCC=O)CC(C)C)nn1-c1ccc(C)cc1. The molecule has 0 saturated carbocycles. The molecular weight excluding hydrogens is 512 g/mol. The van der Waals surface area contributed by atoms with Crippen molar-refractivity contribution in [3.05, 3.63) is 59.8 Å². The molecule has 40 heavy (non-hydrogen) atoms. The van der Waals surface area contributed by atoms with E-state index in [1.807, 2.05) is 63.2 Å². The van der Waals surface area contributed by atoms with Crippen molar-refractivity contribution in [2.24, 2.45) is 5.92 Å². The lowest BCUT2D eigenvalue weighted by atomic mass is 10.0. The third-order valence-corrected chi connectivity index (χ3v) is 5.81. The van der Waals surface area contributed by atoms with Crippen LogP contribution in [0.25, 0.3) is 16.9 Å². The van der Waals surface area contributed by atoms with Gasteiger partial charge in [-0.25, -0.2) is 4.68 Å². The molecule has 0 radical (unpaired) electrons. The molecule has 1 unspecified atom stereocenters. The number of nitrogens with zero attached hydrogens (tertiary/aromatic N) is 2. The predicted molar refractivity (Wildman–Crippen MR) is 154 cm³/mol. The van der Waals surface area contributed by atoms with Crippen LogP contribution in [0.3, 0.4) is 0 Å². The summed E-state index contributed by atoms with van der Waals surface area (Å²) in [6, 6.07) is 14.5. The van der Waals surface area contributed by atoms with Gasteiger partial charge in [-0.1, -0.05) is 37.6 Å². The molecule has 0 fully saturated rings. The standard InChI is InChI=1S/C28H34N4O5.C2H6O/c1-18(2)15-20(16-26(34)29-13-14-33)30-28(35)22-17-23(27-24(36-4)7-6-8-25(27)37-5)32(31-22)21-11-9-19(3)10-12-21;1-3-2/h6-12,14,17-18,20H,13,15-16H2,1-5H3,(H,29,34)(H,30,35);1-2H3. The Kier molecular flexibility index (Phi) is 12.9. The number of amides is 2. The molecule has 0 spiro atoms. The zero-order valence-corrected chi connectivity index (χ0v) is 24.3. The second-order valence-electron chi connectivity index (χ2n) is 9.58. The molecule has 0 aliphatic rings. The highest BCUT2D eigenvalue weighted by Crippen LogP contribution is 2.39. The Bertz CT molecular complexity index is 1230. The minimum Gasteiger partial charge on any atom is -0.496 e. The zero-order chi connectivity index (χ0) is 29.7. The number of nitrogens with one attached hydrogen (secondary N) is 2. The number of methoxy groups -OCH3 is 3. The van der Waals surface area contributed by atoms with Crippen molar-refractivity contribution in [2.75, 3.05) is 35.0 Å². The molecule has 1 aromatic heterocycles. The Morgan fingerprint density at radius 2 is 1.60 bits per heavy atom. The fraction of sp³-hybridized carbons (Fsp3) is 0.400. The highest BCUT2D eigenvalue weighted by molar-refractivity contribution is 5.95. The Balaban J connectivity index is 0.00000178. The smallest absolute Gasteiger partial charge is 0.272 e. The van der Waals surface area contributed by atoms with Crippen LogP contribution < -0.4 is 20.1 Å². The number of rotatable bonds is 12. The van der Waals surface area contributed by atoms with Gasteiger partial charge < -0.3 is 29.6 Å². The molecule has 3 rings (SSSR count). The molecule has 2 aromatic carbocycles. The number of carbonyl (C=O) groups is 3. The van der Waals surface area contributed by atoms with E-state index in [0.29, 0.717) is 35.5 Å². The van der Waals surface area contributed by atoms with E-state index in [0.717, 1.165) is 11.3 Å². The third-order valence-electron chi connectivity index (χ3n) is 5.81. The number of hydrogen-bond donors (Lipinski definition) is 2. The number of aromatic nitrogens is 2. The van der Waals surface area contributed by atoms with Gasteiger partial charge in [-0.15, -0.1) is 0 Å². The quantitative estimate of drug-likeness (QED) is 0.326. The van der Waals surface area contributed by atoms with Crippen molar-refractivity contribution < 1.29 is 28.6 Å². The molecule has 10 heteroatoms. The maximum absolute atomic E-state index is 13.4. The molecule has 10 nitrogen and oxygen atoms in total. The van der Waals surface area contributed by atoms with Crippen LogP contribution in [0.1, 0.15) is 42.7 Å². The number of benzene rings is 2. The van der Waals surface area contributed by atoms with E-state index in [2.05, 4.69) is 20.5 Å². The summed E-state index contributed by atoms with van der Waals surface area (Å²) in [6.45, 7) is 5.96. The largest absolute Gasteiger partial charge is 0.496 e. The molecule has 0 aliphatic heterocycles. The molecule has 3 aromatic rings. The van der Waals surface area contributed by atoms with Gasteiger partial charge in [0.2, 0.25) is 5.91 Å². The van der Waals surface area contributed by atoms with E-state index >= 15 is 0 Å². The minimum absolute atomic E-state index is 0.0591. The molecular formula is C30H40N4O6. The number of carbonyl (C=O) groups excluding carboxylic acids is 3. The van der Waals surface area contributed by atoms with Crippen molar-refractivity contribution >= 4 is 18.1 Å². The van der Waals surface area contributed by atoms with Gasteiger partial charge in [0.1, 0.15) is 17.8 Å². The summed E-state index contributed by atoms with van der Waals surface area (Å²) in [6.07, 6.45) is 1.27. The lowest BCUT2D eigenvalue weighted by molar-refractivity contribution is -0.123. The fourth-order valence-corrected chi connectivity index (χ4v) is 4.13. The van der Waals surface area contributed by atoms with Crippen LogP contribution in [0.4, 0.5) is 0 Å².